The van der Waals surface area contributed by atoms with Crippen LogP contribution in [-0.4, -0.2) is 54.4 Å². The molecule has 3 heterocycles. The molecule has 0 aliphatic carbocycles. The molecule has 7 nitrogen and oxygen atoms in total. The second-order valence-corrected chi connectivity index (χ2v) is 7.04. The summed E-state index contributed by atoms with van der Waals surface area (Å²) in [5, 5.41) is 22.4. The Kier molecular flexibility index (Phi) is 4.91. The number of hydrogen-bond donors (Lipinski definition) is 1. The highest BCUT2D eigenvalue weighted by Gasteiger charge is 2.34. The Labute approximate surface area is 142 Å². The van der Waals surface area contributed by atoms with E-state index in [1.165, 1.54) is 0 Å². The van der Waals surface area contributed by atoms with Crippen LogP contribution in [0.3, 0.4) is 0 Å². The van der Waals surface area contributed by atoms with Gasteiger partial charge in [-0.05, 0) is 55.7 Å². The van der Waals surface area contributed by atoms with Gasteiger partial charge in [0.1, 0.15) is 6.04 Å². The fourth-order valence-electron chi connectivity index (χ4n) is 3.11. The molecule has 1 aliphatic rings. The van der Waals surface area contributed by atoms with Crippen LogP contribution >= 0.6 is 0 Å². The van der Waals surface area contributed by atoms with Gasteiger partial charge in [-0.15, -0.1) is 5.10 Å². The summed E-state index contributed by atoms with van der Waals surface area (Å²) < 4.78 is 1.93. The first kappa shape index (κ1) is 17.0. The molecule has 0 spiro atoms. The van der Waals surface area contributed by atoms with E-state index < -0.39 is 0 Å². The maximum absolute atomic E-state index is 9.84. The van der Waals surface area contributed by atoms with Crippen LogP contribution < -0.4 is 0 Å². The van der Waals surface area contributed by atoms with Crippen LogP contribution in [0.15, 0.2) is 24.4 Å². The second kappa shape index (κ2) is 6.94. The summed E-state index contributed by atoms with van der Waals surface area (Å²) in [5.41, 5.74) is 0.776. The van der Waals surface area contributed by atoms with Gasteiger partial charge in [0.25, 0.3) is 0 Å². The zero-order valence-electron chi connectivity index (χ0n) is 14.6. The van der Waals surface area contributed by atoms with Crippen molar-refractivity contribution in [3.05, 3.63) is 35.9 Å². The molecule has 1 saturated heterocycles. The van der Waals surface area contributed by atoms with Crippen molar-refractivity contribution in [3.63, 3.8) is 0 Å². The van der Waals surface area contributed by atoms with E-state index in [2.05, 4.69) is 46.2 Å². The zero-order chi connectivity index (χ0) is 17.2. The lowest BCUT2D eigenvalue weighted by atomic mass is 9.99. The smallest absolute Gasteiger partial charge is 0.175 e. The van der Waals surface area contributed by atoms with Crippen molar-refractivity contribution in [2.75, 3.05) is 13.1 Å². The average molecular weight is 330 g/mol. The molecular weight excluding hydrogens is 304 g/mol. The van der Waals surface area contributed by atoms with Crippen LogP contribution in [0.2, 0.25) is 0 Å². The third-order valence-electron chi connectivity index (χ3n) is 5.01. The molecule has 0 radical (unpaired) electrons. The van der Waals surface area contributed by atoms with E-state index in [0.29, 0.717) is 0 Å². The topological polar surface area (TPSA) is 80.0 Å². The van der Waals surface area contributed by atoms with E-state index in [-0.39, 0.29) is 17.7 Å². The maximum Gasteiger partial charge on any atom is 0.175 e. The van der Waals surface area contributed by atoms with Crippen LogP contribution in [0, 0.1) is 0 Å². The van der Waals surface area contributed by atoms with Crippen LogP contribution in [0.25, 0.3) is 0 Å². The molecule has 0 amide bonds. The molecule has 0 saturated carbocycles. The molecule has 7 heteroatoms. The van der Waals surface area contributed by atoms with E-state index >= 15 is 0 Å². The SMILES string of the molecule is CCC(C)(C)n1nnnc1[C@@H](c1ccccn1)N1CCC(O)CC1. The van der Waals surface area contributed by atoms with Crippen molar-refractivity contribution in [1.29, 1.82) is 0 Å². The number of aliphatic hydroxyl groups excluding tert-OH is 1. The molecule has 0 bridgehead atoms. The number of hydrogen-bond acceptors (Lipinski definition) is 6. The summed E-state index contributed by atoms with van der Waals surface area (Å²) in [4.78, 5) is 6.89. The lowest BCUT2D eigenvalue weighted by Crippen LogP contribution is -2.41. The van der Waals surface area contributed by atoms with Crippen molar-refractivity contribution < 1.29 is 5.11 Å². The van der Waals surface area contributed by atoms with Crippen molar-refractivity contribution in [2.45, 2.75) is 57.7 Å². The monoisotopic (exact) mass is 330 g/mol. The van der Waals surface area contributed by atoms with Gasteiger partial charge in [0.15, 0.2) is 5.82 Å². The van der Waals surface area contributed by atoms with Gasteiger partial charge in [-0.2, -0.15) is 0 Å². The normalized spacial score (nSPS) is 18.7. The summed E-state index contributed by atoms with van der Waals surface area (Å²) >= 11 is 0. The number of piperidine rings is 1. The van der Waals surface area contributed by atoms with Gasteiger partial charge in [0.05, 0.1) is 17.3 Å². The van der Waals surface area contributed by atoms with Gasteiger partial charge in [0, 0.05) is 19.3 Å². The Morgan fingerprint density at radius 3 is 2.67 bits per heavy atom. The van der Waals surface area contributed by atoms with Crippen molar-refractivity contribution in [3.8, 4) is 0 Å². The molecule has 24 heavy (non-hydrogen) atoms. The van der Waals surface area contributed by atoms with Gasteiger partial charge >= 0.3 is 0 Å². The zero-order valence-corrected chi connectivity index (χ0v) is 14.6. The highest BCUT2D eigenvalue weighted by atomic mass is 16.3. The number of rotatable bonds is 5. The largest absolute Gasteiger partial charge is 0.393 e. The van der Waals surface area contributed by atoms with Gasteiger partial charge in [-0.25, -0.2) is 4.68 Å². The molecular formula is C17H26N6O. The van der Waals surface area contributed by atoms with Gasteiger partial charge in [-0.3, -0.25) is 9.88 Å². The van der Waals surface area contributed by atoms with Crippen molar-refractivity contribution >= 4 is 0 Å². The summed E-state index contributed by atoms with van der Waals surface area (Å²) in [6.45, 7) is 8.03. The van der Waals surface area contributed by atoms with E-state index in [1.807, 2.05) is 22.9 Å². The number of likely N-dealkylation sites (tertiary alicyclic amines) is 1. The van der Waals surface area contributed by atoms with Gasteiger partial charge in [0.2, 0.25) is 0 Å². The molecule has 0 aromatic carbocycles. The molecule has 0 unspecified atom stereocenters. The third-order valence-corrected chi connectivity index (χ3v) is 5.01. The Bertz CT molecular complexity index is 648. The molecule has 2 aromatic rings. The van der Waals surface area contributed by atoms with Crippen molar-refractivity contribution in [2.24, 2.45) is 0 Å². The number of nitrogens with zero attached hydrogens (tertiary/aromatic N) is 6. The second-order valence-electron chi connectivity index (χ2n) is 7.04. The number of pyridine rings is 1. The lowest BCUT2D eigenvalue weighted by molar-refractivity contribution is 0.0638. The molecule has 1 aliphatic heterocycles. The third kappa shape index (κ3) is 3.32. The first-order valence-electron chi connectivity index (χ1n) is 8.64. The first-order valence-corrected chi connectivity index (χ1v) is 8.64. The Hall–Kier alpha value is -1.86. The predicted octanol–water partition coefficient (Wildman–Crippen LogP) is 1.76. The standard InChI is InChI=1S/C17H26N6O/c1-4-17(2,3)23-16(19-20-21-23)15(14-7-5-6-10-18-14)22-11-8-13(24)9-12-22/h5-7,10,13,15,24H,4,8-9,11-12H2,1-3H3/t15-/m1/s1. The number of aliphatic hydroxyl groups is 1. The minimum Gasteiger partial charge on any atom is -0.393 e. The van der Waals surface area contributed by atoms with Gasteiger partial charge in [-0.1, -0.05) is 13.0 Å². The molecule has 1 N–H and O–H groups in total. The summed E-state index contributed by atoms with van der Waals surface area (Å²) in [7, 11) is 0. The fourth-order valence-corrected chi connectivity index (χ4v) is 3.11. The molecule has 130 valence electrons. The molecule has 1 fully saturated rings. The highest BCUT2D eigenvalue weighted by molar-refractivity contribution is 5.18. The Morgan fingerprint density at radius 2 is 2.04 bits per heavy atom. The minimum absolute atomic E-state index is 0.0977. The van der Waals surface area contributed by atoms with Crippen LogP contribution in [0.1, 0.15) is 57.6 Å². The number of tetrazole rings is 1. The van der Waals surface area contributed by atoms with E-state index in [4.69, 9.17) is 0 Å². The van der Waals surface area contributed by atoms with Crippen molar-refractivity contribution in [1.82, 2.24) is 30.1 Å². The summed E-state index contributed by atoms with van der Waals surface area (Å²) in [5.74, 6) is 0.817. The maximum atomic E-state index is 9.84. The summed E-state index contributed by atoms with van der Waals surface area (Å²) in [6.07, 6.45) is 4.05. The first-order chi connectivity index (χ1) is 11.5. The fraction of sp³-hybridized carbons (Fsp3) is 0.647. The van der Waals surface area contributed by atoms with E-state index in [9.17, 15) is 5.11 Å². The van der Waals surface area contributed by atoms with Gasteiger partial charge < -0.3 is 5.11 Å². The van der Waals surface area contributed by atoms with Crippen LogP contribution in [0.5, 0.6) is 0 Å². The summed E-state index contributed by atoms with van der Waals surface area (Å²) in [6, 6.07) is 5.83. The van der Waals surface area contributed by atoms with Crippen LogP contribution in [0.4, 0.5) is 0 Å². The Balaban J connectivity index is 2.02. The minimum atomic E-state index is -0.214. The quantitative estimate of drug-likeness (QED) is 0.900. The predicted molar refractivity (Wildman–Crippen MR) is 90.3 cm³/mol. The van der Waals surface area contributed by atoms with Crippen LogP contribution in [-0.2, 0) is 5.54 Å². The van der Waals surface area contributed by atoms with E-state index in [0.717, 1.165) is 43.9 Å². The molecule has 2 aromatic heterocycles. The average Bonchev–Trinajstić information content (AvgIpc) is 3.08. The number of aromatic nitrogens is 5. The molecule has 3 rings (SSSR count). The molecule has 1 atom stereocenters. The van der Waals surface area contributed by atoms with E-state index in [1.54, 1.807) is 6.20 Å². The highest BCUT2D eigenvalue weighted by Crippen LogP contribution is 2.31. The lowest BCUT2D eigenvalue weighted by Gasteiger charge is -2.36. The Morgan fingerprint density at radius 1 is 1.29 bits per heavy atom.